The molecule has 10 atom stereocenters. The topological polar surface area (TPSA) is 113 Å². The van der Waals surface area contributed by atoms with Crippen LogP contribution in [-0.4, -0.2) is 78.8 Å². The molecule has 0 aromatic carbocycles. The summed E-state index contributed by atoms with van der Waals surface area (Å²) in [6.45, 7) is 8.21. The molecule has 9 heteroatoms. The van der Waals surface area contributed by atoms with Crippen LogP contribution in [-0.2, 0) is 38.0 Å². The Balaban J connectivity index is 1.40. The van der Waals surface area contributed by atoms with Gasteiger partial charge in [0.1, 0.15) is 36.6 Å². The number of carbonyl (C=O) groups is 2. The van der Waals surface area contributed by atoms with E-state index < -0.39 is 59.1 Å². The summed E-state index contributed by atoms with van der Waals surface area (Å²) >= 11 is 0. The molecular weight excluding hydrogens is 492 g/mol. The molecule has 0 aromatic heterocycles. The summed E-state index contributed by atoms with van der Waals surface area (Å²) < 4.78 is 36.3. The van der Waals surface area contributed by atoms with E-state index in [-0.39, 0.29) is 18.8 Å². The van der Waals surface area contributed by atoms with Crippen LogP contribution in [0.25, 0.3) is 0 Å². The first-order valence-corrected chi connectivity index (χ1v) is 13.4. The van der Waals surface area contributed by atoms with Gasteiger partial charge in [0.05, 0.1) is 24.2 Å². The maximum absolute atomic E-state index is 13.0. The predicted octanol–water partition coefficient (Wildman–Crippen LogP) is 2.68. The summed E-state index contributed by atoms with van der Waals surface area (Å²) in [6, 6.07) is 0. The van der Waals surface area contributed by atoms with Crippen molar-refractivity contribution in [3.05, 3.63) is 47.6 Å². The van der Waals surface area contributed by atoms with Gasteiger partial charge in [-0.05, 0) is 33.6 Å². The number of fused-ring (bicyclic) bond motifs is 2. The fourth-order valence-corrected chi connectivity index (χ4v) is 7.36. The highest BCUT2D eigenvalue weighted by molar-refractivity contribution is 5.83. The Morgan fingerprint density at radius 1 is 1.00 bits per heavy atom. The lowest BCUT2D eigenvalue weighted by Gasteiger charge is -2.58. The highest BCUT2D eigenvalue weighted by Gasteiger charge is 2.85. The summed E-state index contributed by atoms with van der Waals surface area (Å²) in [6.07, 6.45) is 7.78. The molecule has 4 aliphatic heterocycles. The average molecular weight is 529 g/mol. The Labute approximate surface area is 222 Å². The average Bonchev–Trinajstić information content (AvgIpc) is 3.57. The minimum Gasteiger partial charge on any atom is -0.462 e. The fourth-order valence-electron chi connectivity index (χ4n) is 7.36. The summed E-state index contributed by atoms with van der Waals surface area (Å²) in [5.41, 5.74) is -0.499. The van der Waals surface area contributed by atoms with Gasteiger partial charge in [0.2, 0.25) is 0 Å². The minimum atomic E-state index is -1.09. The van der Waals surface area contributed by atoms with Gasteiger partial charge in [-0.2, -0.15) is 0 Å². The highest BCUT2D eigenvalue weighted by atomic mass is 16.7. The Morgan fingerprint density at radius 2 is 1.79 bits per heavy atom. The number of allylic oxidation sites excluding steroid dienone is 3. The number of ether oxygens (including phenoxy) is 6. The van der Waals surface area contributed by atoms with Gasteiger partial charge >= 0.3 is 11.9 Å². The number of carbonyl (C=O) groups excluding carboxylic acids is 2. The van der Waals surface area contributed by atoms with E-state index in [0.29, 0.717) is 19.4 Å². The molecule has 4 heterocycles. The number of hydrogen-bond donors (Lipinski definition) is 1. The van der Waals surface area contributed by atoms with E-state index in [1.165, 1.54) is 17.7 Å². The second-order valence-electron chi connectivity index (χ2n) is 11.8. The molecule has 206 valence electrons. The summed E-state index contributed by atoms with van der Waals surface area (Å²) in [5.74, 6) is -1.05. The van der Waals surface area contributed by atoms with Crippen LogP contribution in [0, 0.1) is 10.8 Å². The molecular formula is C29H36O9. The number of epoxide rings is 1. The molecule has 6 aliphatic rings. The van der Waals surface area contributed by atoms with Crippen molar-refractivity contribution in [1.82, 2.24) is 0 Å². The van der Waals surface area contributed by atoms with Crippen molar-refractivity contribution < 1.29 is 43.1 Å². The molecule has 6 rings (SSSR count). The third-order valence-electron chi connectivity index (χ3n) is 9.61. The summed E-state index contributed by atoms with van der Waals surface area (Å²) in [5, 5.41) is 11.4. The van der Waals surface area contributed by atoms with Crippen LogP contribution in [0.4, 0.5) is 0 Å². The normalized spacial score (nSPS) is 49.8. The summed E-state index contributed by atoms with van der Waals surface area (Å²) in [7, 11) is 0. The molecule has 1 saturated carbocycles. The van der Waals surface area contributed by atoms with Crippen molar-refractivity contribution in [1.29, 1.82) is 0 Å². The van der Waals surface area contributed by atoms with Crippen LogP contribution in [0.5, 0.6) is 0 Å². The Morgan fingerprint density at radius 3 is 2.55 bits per heavy atom. The maximum Gasteiger partial charge on any atom is 0.331 e. The first-order valence-electron chi connectivity index (χ1n) is 13.4. The highest BCUT2D eigenvalue weighted by Crippen LogP contribution is 2.72. The molecule has 2 aliphatic carbocycles. The zero-order valence-corrected chi connectivity index (χ0v) is 22.3. The Kier molecular flexibility index (Phi) is 6.23. The molecule has 0 radical (unpaired) electrons. The minimum absolute atomic E-state index is 0.0350. The van der Waals surface area contributed by atoms with E-state index in [9.17, 15) is 14.7 Å². The van der Waals surface area contributed by atoms with E-state index in [2.05, 4.69) is 6.08 Å². The fraction of sp³-hybridized carbons (Fsp3) is 0.655. The number of aliphatic hydroxyl groups is 1. The first kappa shape index (κ1) is 26.0. The zero-order valence-electron chi connectivity index (χ0n) is 22.3. The van der Waals surface area contributed by atoms with E-state index >= 15 is 0 Å². The van der Waals surface area contributed by atoms with Crippen LogP contribution in [0.15, 0.2) is 47.6 Å². The van der Waals surface area contributed by atoms with Gasteiger partial charge in [-0.3, -0.25) is 0 Å². The van der Waals surface area contributed by atoms with Crippen LogP contribution in [0.3, 0.4) is 0 Å². The van der Waals surface area contributed by atoms with Crippen LogP contribution >= 0.6 is 0 Å². The van der Waals surface area contributed by atoms with Gasteiger partial charge in [0.15, 0.2) is 6.29 Å². The first-order chi connectivity index (χ1) is 18.1. The second kappa shape index (κ2) is 9.13. The number of cyclic esters (lactones) is 1. The predicted molar refractivity (Wildman–Crippen MR) is 134 cm³/mol. The molecule has 2 spiro atoms. The van der Waals surface area contributed by atoms with Crippen molar-refractivity contribution in [2.75, 3.05) is 13.2 Å². The smallest absolute Gasteiger partial charge is 0.331 e. The lowest BCUT2D eigenvalue weighted by Crippen LogP contribution is -2.66. The van der Waals surface area contributed by atoms with Gasteiger partial charge in [-0.1, -0.05) is 42.4 Å². The molecule has 1 N–H and O–H groups in total. The third-order valence-corrected chi connectivity index (χ3v) is 9.61. The molecule has 9 nitrogen and oxygen atoms in total. The largest absolute Gasteiger partial charge is 0.462 e. The lowest BCUT2D eigenvalue weighted by atomic mass is 9.51. The van der Waals surface area contributed by atoms with Crippen molar-refractivity contribution in [3.63, 3.8) is 0 Å². The second-order valence-corrected chi connectivity index (χ2v) is 11.8. The van der Waals surface area contributed by atoms with Crippen LogP contribution in [0.1, 0.15) is 47.0 Å². The molecule has 0 aromatic rings. The Bertz CT molecular complexity index is 1130. The monoisotopic (exact) mass is 528 g/mol. The SMILES string of the molecule is CC1=C[C@H]2O[C@@H]3[C@H](O)[C@H]4OC(=O)C=CC=C[C@@H]5O[C@H](C/C(C)=C\C(=O)OC[C@@]2(CC1)[C@]4(C)[C@]31CO1)O[C@H]5C. The van der Waals surface area contributed by atoms with E-state index in [1.54, 1.807) is 12.2 Å². The lowest BCUT2D eigenvalue weighted by molar-refractivity contribution is -0.232. The van der Waals surface area contributed by atoms with Crippen molar-refractivity contribution in [2.45, 2.75) is 95.5 Å². The molecule has 38 heavy (non-hydrogen) atoms. The van der Waals surface area contributed by atoms with Crippen LogP contribution in [0.2, 0.25) is 0 Å². The number of rotatable bonds is 0. The van der Waals surface area contributed by atoms with Gasteiger partial charge in [-0.25, -0.2) is 9.59 Å². The third kappa shape index (κ3) is 3.78. The standard InChI is InChI=1S/C29H36O9/c1-16-9-10-28-14-33-22(31)12-17(2)13-23-35-18(3)19(36-23)7-5-6-8-21(30)38-25-24(32)26(37-20(28)11-16)29(15-34-29)27(25,28)4/h5-8,11-12,18-20,23-26,32H,9-10,13-15H2,1-4H3/b7-5?,8-6?,17-12-/t18-,19-,20+,23+,24+,25+,26+,27+,28+,29-/m0/s1. The summed E-state index contributed by atoms with van der Waals surface area (Å²) in [4.78, 5) is 26.0. The molecule has 0 amide bonds. The van der Waals surface area contributed by atoms with Crippen molar-refractivity contribution >= 4 is 11.9 Å². The molecule has 4 bridgehead atoms. The number of aliphatic hydroxyl groups excluding tert-OH is 1. The van der Waals surface area contributed by atoms with Crippen molar-refractivity contribution in [2.24, 2.45) is 10.8 Å². The van der Waals surface area contributed by atoms with Gasteiger partial charge < -0.3 is 33.5 Å². The number of esters is 2. The van der Waals surface area contributed by atoms with E-state index in [1.807, 2.05) is 33.8 Å². The maximum atomic E-state index is 13.0. The van der Waals surface area contributed by atoms with Crippen LogP contribution < -0.4 is 0 Å². The Hall–Kier alpha value is -2.30. The molecule has 3 saturated heterocycles. The van der Waals surface area contributed by atoms with Gasteiger partial charge in [-0.15, -0.1) is 0 Å². The zero-order chi connectivity index (χ0) is 26.9. The van der Waals surface area contributed by atoms with E-state index in [0.717, 1.165) is 12.0 Å². The quantitative estimate of drug-likeness (QED) is 0.288. The van der Waals surface area contributed by atoms with Gasteiger partial charge in [0, 0.05) is 24.0 Å². The number of hydrogen-bond acceptors (Lipinski definition) is 9. The van der Waals surface area contributed by atoms with E-state index in [4.69, 9.17) is 28.4 Å². The van der Waals surface area contributed by atoms with Crippen molar-refractivity contribution in [3.8, 4) is 0 Å². The van der Waals surface area contributed by atoms with Gasteiger partial charge in [0.25, 0.3) is 0 Å². The molecule has 0 unspecified atom stereocenters. The molecule has 4 fully saturated rings.